The van der Waals surface area contributed by atoms with Gasteiger partial charge in [-0.1, -0.05) is 30.3 Å². The number of alkyl halides is 2. The van der Waals surface area contributed by atoms with Crippen LogP contribution in [0.15, 0.2) is 42.7 Å². The number of piperazine rings is 1. The van der Waals surface area contributed by atoms with Gasteiger partial charge in [0.2, 0.25) is 0 Å². The molecule has 3 aromatic rings. The Labute approximate surface area is 198 Å². The van der Waals surface area contributed by atoms with Crippen LogP contribution < -0.4 is 9.80 Å². The van der Waals surface area contributed by atoms with Gasteiger partial charge in [0.05, 0.1) is 18.1 Å². The summed E-state index contributed by atoms with van der Waals surface area (Å²) in [7, 11) is 0. The average molecular weight is 469 g/mol. The van der Waals surface area contributed by atoms with Gasteiger partial charge in [0.25, 0.3) is 0 Å². The molecule has 1 aliphatic heterocycles. The normalized spacial score (nSPS) is 17.2. The van der Waals surface area contributed by atoms with Gasteiger partial charge in [-0.05, 0) is 45.7 Å². The van der Waals surface area contributed by atoms with Crippen molar-refractivity contribution in [1.29, 1.82) is 0 Å². The number of aliphatic hydroxyl groups is 1. The first-order valence-electron chi connectivity index (χ1n) is 11.3. The van der Waals surface area contributed by atoms with Crippen molar-refractivity contribution >= 4 is 11.6 Å². The summed E-state index contributed by atoms with van der Waals surface area (Å²) in [5, 5.41) is 18.3. The van der Waals surface area contributed by atoms with Crippen molar-refractivity contribution in [2.75, 3.05) is 29.4 Å². The van der Waals surface area contributed by atoms with Gasteiger partial charge in [-0.2, -0.15) is 8.78 Å². The van der Waals surface area contributed by atoms with Crippen LogP contribution in [0.4, 0.5) is 20.4 Å². The van der Waals surface area contributed by atoms with Crippen LogP contribution in [0.25, 0.3) is 0 Å². The van der Waals surface area contributed by atoms with Crippen molar-refractivity contribution in [1.82, 2.24) is 20.2 Å². The number of aromatic nitrogens is 4. The van der Waals surface area contributed by atoms with E-state index in [-0.39, 0.29) is 17.3 Å². The molecule has 0 amide bonds. The predicted molar refractivity (Wildman–Crippen MR) is 127 cm³/mol. The Morgan fingerprint density at radius 2 is 1.68 bits per heavy atom. The van der Waals surface area contributed by atoms with Crippen LogP contribution in [-0.4, -0.2) is 50.9 Å². The highest BCUT2D eigenvalue weighted by atomic mass is 19.3. The summed E-state index contributed by atoms with van der Waals surface area (Å²) in [6.07, 6.45) is 3.27. The fourth-order valence-corrected chi connectivity index (χ4v) is 4.25. The van der Waals surface area contributed by atoms with Crippen LogP contribution in [0.3, 0.4) is 0 Å². The first kappa shape index (κ1) is 23.9. The summed E-state index contributed by atoms with van der Waals surface area (Å²) < 4.78 is 30.3. The lowest BCUT2D eigenvalue weighted by atomic mass is 9.99. The molecule has 34 heavy (non-hydrogen) atoms. The number of hydrogen-bond donors (Lipinski definition) is 1. The number of nitrogens with zero attached hydrogens (tertiary/aromatic N) is 6. The molecule has 180 valence electrons. The SMILES string of the molecule is Cc1c(N2CCN(c3cnc(C(C)(C)O)cn3)[C@H](C)C2)nnc(C(F)(F)c2ccccc2)c1C. The first-order valence-corrected chi connectivity index (χ1v) is 11.3. The number of halogens is 2. The predicted octanol–water partition coefficient (Wildman–Crippen LogP) is 3.97. The monoisotopic (exact) mass is 468 g/mol. The molecule has 0 radical (unpaired) electrons. The number of benzene rings is 1. The Bertz CT molecular complexity index is 1150. The molecule has 0 saturated carbocycles. The van der Waals surface area contributed by atoms with Gasteiger partial charge in [-0.25, -0.2) is 4.98 Å². The van der Waals surface area contributed by atoms with E-state index in [0.29, 0.717) is 42.3 Å². The van der Waals surface area contributed by atoms with E-state index in [4.69, 9.17) is 0 Å². The lowest BCUT2D eigenvalue weighted by Gasteiger charge is -2.41. The zero-order valence-electron chi connectivity index (χ0n) is 20.1. The molecule has 1 aliphatic rings. The minimum Gasteiger partial charge on any atom is -0.384 e. The summed E-state index contributed by atoms with van der Waals surface area (Å²) in [4.78, 5) is 13.1. The third kappa shape index (κ3) is 4.44. The number of hydrogen-bond acceptors (Lipinski definition) is 7. The van der Waals surface area contributed by atoms with Gasteiger partial charge in [-0.3, -0.25) is 4.98 Å². The van der Waals surface area contributed by atoms with Crippen molar-refractivity contribution in [3.05, 3.63) is 70.8 Å². The summed E-state index contributed by atoms with van der Waals surface area (Å²) in [5.74, 6) is -1.86. The van der Waals surface area contributed by atoms with Crippen molar-refractivity contribution in [3.63, 3.8) is 0 Å². The third-order valence-corrected chi connectivity index (χ3v) is 6.42. The highest BCUT2D eigenvalue weighted by Gasteiger charge is 2.39. The van der Waals surface area contributed by atoms with Crippen LogP contribution in [-0.2, 0) is 11.5 Å². The van der Waals surface area contributed by atoms with E-state index >= 15 is 8.78 Å². The Hall–Kier alpha value is -3.20. The number of anilines is 2. The van der Waals surface area contributed by atoms with Gasteiger partial charge in [-0.15, -0.1) is 10.2 Å². The van der Waals surface area contributed by atoms with Gasteiger partial charge in [0.1, 0.15) is 17.1 Å². The van der Waals surface area contributed by atoms with E-state index in [9.17, 15) is 5.11 Å². The summed E-state index contributed by atoms with van der Waals surface area (Å²) in [6, 6.07) is 7.79. The Morgan fingerprint density at radius 1 is 0.971 bits per heavy atom. The Balaban J connectivity index is 1.54. The molecule has 1 aromatic carbocycles. The highest BCUT2D eigenvalue weighted by Crippen LogP contribution is 2.38. The van der Waals surface area contributed by atoms with E-state index in [1.54, 1.807) is 51.4 Å². The molecule has 3 heterocycles. The maximum atomic E-state index is 15.2. The van der Waals surface area contributed by atoms with Crippen LogP contribution >= 0.6 is 0 Å². The van der Waals surface area contributed by atoms with E-state index in [1.807, 2.05) is 6.92 Å². The topological polar surface area (TPSA) is 78.3 Å². The summed E-state index contributed by atoms with van der Waals surface area (Å²) >= 11 is 0. The molecule has 1 fully saturated rings. The molecule has 4 rings (SSSR count). The van der Waals surface area contributed by atoms with Crippen LogP contribution in [0.2, 0.25) is 0 Å². The molecule has 2 aromatic heterocycles. The zero-order valence-corrected chi connectivity index (χ0v) is 20.1. The highest BCUT2D eigenvalue weighted by molar-refractivity contribution is 5.53. The van der Waals surface area contributed by atoms with E-state index in [0.717, 1.165) is 5.82 Å². The second kappa shape index (κ2) is 8.87. The lowest BCUT2D eigenvalue weighted by molar-refractivity contribution is 0.0362. The zero-order chi connectivity index (χ0) is 24.7. The van der Waals surface area contributed by atoms with Crippen LogP contribution in [0, 0.1) is 13.8 Å². The molecular weight excluding hydrogens is 438 g/mol. The first-order chi connectivity index (χ1) is 16.0. The maximum absolute atomic E-state index is 15.2. The summed E-state index contributed by atoms with van der Waals surface area (Å²) in [5.41, 5.74) is 0.203. The average Bonchev–Trinajstić information content (AvgIpc) is 2.80. The van der Waals surface area contributed by atoms with E-state index in [1.165, 1.54) is 12.1 Å². The van der Waals surface area contributed by atoms with Crippen molar-refractivity contribution < 1.29 is 13.9 Å². The maximum Gasteiger partial charge on any atom is 0.317 e. The molecule has 7 nitrogen and oxygen atoms in total. The Kier molecular flexibility index (Phi) is 6.24. The quantitative estimate of drug-likeness (QED) is 0.607. The van der Waals surface area contributed by atoms with Crippen LogP contribution in [0.5, 0.6) is 0 Å². The smallest absolute Gasteiger partial charge is 0.317 e. The molecule has 1 N–H and O–H groups in total. The fraction of sp³-hybridized carbons (Fsp3) is 0.440. The molecule has 0 unspecified atom stereocenters. The second-order valence-electron chi connectivity index (χ2n) is 9.37. The van der Waals surface area contributed by atoms with Gasteiger partial charge >= 0.3 is 5.92 Å². The molecule has 0 spiro atoms. The third-order valence-electron chi connectivity index (χ3n) is 6.42. The van der Waals surface area contributed by atoms with Crippen molar-refractivity contribution in [2.24, 2.45) is 0 Å². The van der Waals surface area contributed by atoms with Gasteiger partial charge in [0, 0.05) is 31.2 Å². The van der Waals surface area contributed by atoms with Crippen molar-refractivity contribution in [3.8, 4) is 0 Å². The fourth-order valence-electron chi connectivity index (χ4n) is 4.25. The van der Waals surface area contributed by atoms with Crippen molar-refractivity contribution in [2.45, 2.75) is 52.2 Å². The molecule has 1 atom stereocenters. The largest absolute Gasteiger partial charge is 0.384 e. The van der Waals surface area contributed by atoms with E-state index in [2.05, 4.69) is 36.9 Å². The molecule has 0 bridgehead atoms. The van der Waals surface area contributed by atoms with E-state index < -0.39 is 11.5 Å². The minimum absolute atomic E-state index is 0.0861. The second-order valence-corrected chi connectivity index (χ2v) is 9.37. The summed E-state index contributed by atoms with van der Waals surface area (Å²) in [6.45, 7) is 10.9. The van der Waals surface area contributed by atoms with Gasteiger partial charge in [0.15, 0.2) is 5.82 Å². The molecule has 0 aliphatic carbocycles. The lowest BCUT2D eigenvalue weighted by Crippen LogP contribution is -2.53. The molecule has 1 saturated heterocycles. The minimum atomic E-state index is -3.22. The standard InChI is InChI=1S/C25H30F2N6O/c1-16-15-32(11-12-33(16)21-14-28-20(13-29-21)24(4,5)34)23-18(3)17(2)22(30-31-23)25(26,27)19-9-7-6-8-10-19/h6-10,13-14,16,34H,11-12,15H2,1-5H3/t16-/m1/s1. The Morgan fingerprint density at radius 3 is 2.26 bits per heavy atom. The number of rotatable bonds is 5. The molecule has 9 heteroatoms. The van der Waals surface area contributed by atoms with Gasteiger partial charge < -0.3 is 14.9 Å². The van der Waals surface area contributed by atoms with Crippen LogP contribution in [0.1, 0.15) is 48.8 Å². The molecular formula is C25H30F2N6O.